The molecule has 0 heterocycles. The van der Waals surface area contributed by atoms with Crippen LogP contribution in [-0.2, 0) is 0 Å². The summed E-state index contributed by atoms with van der Waals surface area (Å²) in [6, 6.07) is 11.6. The maximum atomic E-state index is 5.78. The second-order valence-corrected chi connectivity index (χ2v) is 2.79. The van der Waals surface area contributed by atoms with E-state index in [1.54, 1.807) is 0 Å². The molecule has 0 atom stereocenters. The molecule has 2 aromatic carbocycles. The second-order valence-electron chi connectivity index (χ2n) is 2.79. The van der Waals surface area contributed by atoms with Crippen molar-refractivity contribution in [3.8, 4) is 0 Å². The Labute approximate surface area is 78.2 Å². The lowest BCUT2D eigenvalue weighted by Gasteiger charge is -2.03. The fraction of sp³-hybridized carbons (Fsp3) is 0.0909. The van der Waals surface area contributed by atoms with Crippen LogP contribution in [0.2, 0.25) is 0 Å². The molecular weight excluding hydrogens is 160 g/mol. The highest BCUT2D eigenvalue weighted by Gasteiger charge is 1.98. The van der Waals surface area contributed by atoms with Crippen LogP contribution in [0.25, 0.3) is 10.8 Å². The molecule has 13 heavy (non-hydrogen) atoms. The van der Waals surface area contributed by atoms with Crippen molar-refractivity contribution in [1.29, 1.82) is 0 Å². The molecule has 0 spiro atoms. The molecule has 0 unspecified atom stereocenters. The Hall–Kier alpha value is -1.70. The Morgan fingerprint density at radius 3 is 1.62 bits per heavy atom. The van der Waals surface area contributed by atoms with Crippen LogP contribution in [0.15, 0.2) is 36.4 Å². The SMILES string of the molecule is C.Nc1cccc2cccc(N)c12. The maximum Gasteiger partial charge on any atom is 0.0414 e. The molecule has 2 aromatic rings. The Kier molecular flexibility index (Phi) is 2.42. The van der Waals surface area contributed by atoms with E-state index >= 15 is 0 Å². The largest absolute Gasteiger partial charge is 0.398 e. The molecule has 2 nitrogen and oxygen atoms in total. The Morgan fingerprint density at radius 2 is 1.23 bits per heavy atom. The first-order valence-corrected chi connectivity index (χ1v) is 3.82. The van der Waals surface area contributed by atoms with Gasteiger partial charge in [-0.2, -0.15) is 0 Å². The molecule has 68 valence electrons. The number of nitrogen functional groups attached to an aromatic ring is 2. The predicted octanol–water partition coefficient (Wildman–Crippen LogP) is 2.64. The number of rotatable bonds is 0. The highest BCUT2D eigenvalue weighted by atomic mass is 14.6. The minimum Gasteiger partial charge on any atom is -0.398 e. The minimum absolute atomic E-state index is 0. The van der Waals surface area contributed by atoms with Gasteiger partial charge in [0.05, 0.1) is 0 Å². The highest BCUT2D eigenvalue weighted by Crippen LogP contribution is 2.25. The smallest absolute Gasteiger partial charge is 0.0414 e. The first-order valence-electron chi connectivity index (χ1n) is 3.82. The summed E-state index contributed by atoms with van der Waals surface area (Å²) in [7, 11) is 0. The summed E-state index contributed by atoms with van der Waals surface area (Å²) in [5, 5.41) is 2.05. The van der Waals surface area contributed by atoms with Gasteiger partial charge in [-0.3, -0.25) is 0 Å². The van der Waals surface area contributed by atoms with E-state index in [1.807, 2.05) is 36.4 Å². The number of hydrogen-bond donors (Lipinski definition) is 2. The molecule has 0 aromatic heterocycles. The highest BCUT2D eigenvalue weighted by molar-refractivity contribution is 6.01. The summed E-state index contributed by atoms with van der Waals surface area (Å²) in [5.74, 6) is 0. The van der Waals surface area contributed by atoms with E-state index in [-0.39, 0.29) is 7.43 Å². The third-order valence-corrected chi connectivity index (χ3v) is 1.97. The molecule has 0 fully saturated rings. The number of anilines is 2. The van der Waals surface area contributed by atoms with Crippen molar-refractivity contribution < 1.29 is 0 Å². The summed E-state index contributed by atoms with van der Waals surface area (Å²) >= 11 is 0. The Morgan fingerprint density at radius 1 is 0.769 bits per heavy atom. The maximum absolute atomic E-state index is 5.78. The first-order chi connectivity index (χ1) is 5.79. The molecule has 0 saturated heterocycles. The standard InChI is InChI=1S/C10H10N2.CH4/c11-8-5-1-3-7-4-2-6-9(12)10(7)8;/h1-6H,11-12H2;1H4. The summed E-state index contributed by atoms with van der Waals surface area (Å²) in [6.45, 7) is 0. The van der Waals surface area contributed by atoms with Gasteiger partial charge in [0.2, 0.25) is 0 Å². The molecule has 0 aliphatic rings. The first kappa shape index (κ1) is 9.39. The third-order valence-electron chi connectivity index (χ3n) is 1.97. The monoisotopic (exact) mass is 174 g/mol. The van der Waals surface area contributed by atoms with Crippen LogP contribution in [0.5, 0.6) is 0 Å². The van der Waals surface area contributed by atoms with Gasteiger partial charge in [-0.15, -0.1) is 0 Å². The second kappa shape index (κ2) is 3.35. The average molecular weight is 174 g/mol. The molecule has 0 amide bonds. The zero-order chi connectivity index (χ0) is 8.55. The fourth-order valence-corrected chi connectivity index (χ4v) is 1.40. The van der Waals surface area contributed by atoms with Gasteiger partial charge in [-0.1, -0.05) is 31.7 Å². The molecule has 0 saturated carbocycles. The van der Waals surface area contributed by atoms with E-state index in [9.17, 15) is 0 Å². The number of hydrogen-bond acceptors (Lipinski definition) is 2. The fourth-order valence-electron chi connectivity index (χ4n) is 1.40. The zero-order valence-corrected chi connectivity index (χ0v) is 6.62. The van der Waals surface area contributed by atoms with E-state index in [4.69, 9.17) is 11.5 Å². The van der Waals surface area contributed by atoms with Crippen molar-refractivity contribution in [1.82, 2.24) is 0 Å². The van der Waals surface area contributed by atoms with E-state index in [0.29, 0.717) is 0 Å². The van der Waals surface area contributed by atoms with E-state index in [1.165, 1.54) is 0 Å². The van der Waals surface area contributed by atoms with Gasteiger partial charge in [0.1, 0.15) is 0 Å². The molecule has 0 aliphatic carbocycles. The van der Waals surface area contributed by atoms with Crippen LogP contribution in [-0.4, -0.2) is 0 Å². The van der Waals surface area contributed by atoms with Gasteiger partial charge < -0.3 is 11.5 Å². The average Bonchev–Trinajstić information content (AvgIpc) is 2.04. The lowest BCUT2D eigenvalue weighted by Crippen LogP contribution is -1.91. The van der Waals surface area contributed by atoms with Gasteiger partial charge in [-0.25, -0.2) is 0 Å². The van der Waals surface area contributed by atoms with Crippen LogP contribution in [0.4, 0.5) is 11.4 Å². The van der Waals surface area contributed by atoms with Crippen molar-refractivity contribution in [2.75, 3.05) is 11.5 Å². The molecule has 0 bridgehead atoms. The summed E-state index contributed by atoms with van der Waals surface area (Å²) < 4.78 is 0. The van der Waals surface area contributed by atoms with Gasteiger partial charge in [0.25, 0.3) is 0 Å². The van der Waals surface area contributed by atoms with Gasteiger partial charge in [-0.05, 0) is 17.5 Å². The Balaban J connectivity index is 0.000000845. The molecule has 0 aliphatic heterocycles. The van der Waals surface area contributed by atoms with Gasteiger partial charge in [0, 0.05) is 16.8 Å². The quantitative estimate of drug-likeness (QED) is 0.603. The third kappa shape index (κ3) is 1.43. The van der Waals surface area contributed by atoms with Crippen LogP contribution in [0.1, 0.15) is 7.43 Å². The molecule has 4 N–H and O–H groups in total. The normalized spacial score (nSPS) is 9.54. The van der Waals surface area contributed by atoms with E-state index in [0.717, 1.165) is 22.1 Å². The lowest BCUT2D eigenvalue weighted by molar-refractivity contribution is 1.71. The van der Waals surface area contributed by atoms with Crippen molar-refractivity contribution in [2.45, 2.75) is 7.43 Å². The van der Waals surface area contributed by atoms with Crippen molar-refractivity contribution in [3.63, 3.8) is 0 Å². The predicted molar refractivity (Wildman–Crippen MR) is 59.5 cm³/mol. The number of fused-ring (bicyclic) bond motifs is 1. The molecular formula is C11H14N2. The molecule has 2 heteroatoms. The molecule has 2 rings (SSSR count). The van der Waals surface area contributed by atoms with Crippen LogP contribution >= 0.6 is 0 Å². The summed E-state index contributed by atoms with van der Waals surface area (Å²) in [4.78, 5) is 0. The number of benzene rings is 2. The van der Waals surface area contributed by atoms with Crippen molar-refractivity contribution in [3.05, 3.63) is 36.4 Å². The Bertz CT molecular complexity index is 385. The summed E-state index contributed by atoms with van der Waals surface area (Å²) in [6.07, 6.45) is 0. The van der Waals surface area contributed by atoms with Crippen LogP contribution < -0.4 is 11.5 Å². The van der Waals surface area contributed by atoms with Gasteiger partial charge >= 0.3 is 0 Å². The molecule has 0 radical (unpaired) electrons. The summed E-state index contributed by atoms with van der Waals surface area (Å²) in [5.41, 5.74) is 13.0. The van der Waals surface area contributed by atoms with E-state index < -0.39 is 0 Å². The van der Waals surface area contributed by atoms with Crippen molar-refractivity contribution >= 4 is 22.1 Å². The zero-order valence-electron chi connectivity index (χ0n) is 6.62. The van der Waals surface area contributed by atoms with Crippen LogP contribution in [0.3, 0.4) is 0 Å². The van der Waals surface area contributed by atoms with Crippen molar-refractivity contribution in [2.24, 2.45) is 0 Å². The van der Waals surface area contributed by atoms with E-state index in [2.05, 4.69) is 0 Å². The van der Waals surface area contributed by atoms with Crippen LogP contribution in [0, 0.1) is 0 Å². The topological polar surface area (TPSA) is 52.0 Å². The lowest BCUT2D eigenvalue weighted by atomic mass is 10.1. The number of nitrogens with two attached hydrogens (primary N) is 2. The minimum atomic E-state index is 0. The van der Waals surface area contributed by atoms with Gasteiger partial charge in [0.15, 0.2) is 0 Å².